The fraction of sp³-hybridized carbons (Fsp3) is 1.00. The van der Waals surface area contributed by atoms with E-state index in [-0.39, 0.29) is 6.61 Å². The Hall–Kier alpha value is -0.160. The van der Waals surface area contributed by atoms with Gasteiger partial charge in [0.2, 0.25) is 0 Å². The summed E-state index contributed by atoms with van der Waals surface area (Å²) in [7, 11) is 0. The lowest BCUT2D eigenvalue weighted by molar-refractivity contribution is 0.0416. The van der Waals surface area contributed by atoms with Crippen LogP contribution in [0.4, 0.5) is 0 Å². The van der Waals surface area contributed by atoms with Crippen LogP contribution >= 0.6 is 0 Å². The summed E-state index contributed by atoms with van der Waals surface area (Å²) in [6.07, 6.45) is 2.55. The number of aliphatic hydroxyl groups excluding tert-OH is 1. The molecule has 1 heterocycles. The third-order valence-electron chi connectivity index (χ3n) is 3.23. The number of likely N-dealkylation sites (tertiary alicyclic amines) is 1. The molecule has 0 radical (unpaired) electrons. The highest BCUT2D eigenvalue weighted by Crippen LogP contribution is 2.21. The lowest BCUT2D eigenvalue weighted by atomic mass is 9.91. The molecule has 0 aromatic heterocycles. The molecule has 15 heavy (non-hydrogen) atoms. The zero-order valence-corrected chi connectivity index (χ0v) is 9.69. The summed E-state index contributed by atoms with van der Waals surface area (Å²) in [5, 5.41) is 8.58. The van der Waals surface area contributed by atoms with Gasteiger partial charge in [0.25, 0.3) is 0 Å². The van der Waals surface area contributed by atoms with E-state index >= 15 is 0 Å². The predicted octanol–water partition coefficient (Wildman–Crippen LogP) is 0.0545. The van der Waals surface area contributed by atoms with Gasteiger partial charge in [-0.25, -0.2) is 0 Å². The Morgan fingerprint density at radius 2 is 2.27 bits per heavy atom. The molecule has 2 atom stereocenters. The third-order valence-corrected chi connectivity index (χ3v) is 3.23. The maximum absolute atomic E-state index is 8.58. The van der Waals surface area contributed by atoms with Gasteiger partial charge in [0.15, 0.2) is 0 Å². The molecular formula is C11H24N2O2. The molecule has 1 rings (SSSR count). The summed E-state index contributed by atoms with van der Waals surface area (Å²) in [4.78, 5) is 2.42. The molecular weight excluding hydrogens is 192 g/mol. The van der Waals surface area contributed by atoms with Gasteiger partial charge in [0.1, 0.15) is 0 Å². The number of ether oxygens (including phenoxy) is 1. The summed E-state index contributed by atoms with van der Waals surface area (Å²) >= 11 is 0. The standard InChI is InChI=1S/C11H24N2O2/c1-10-3-2-4-13(11(10)9-12)5-7-15-8-6-14/h10-11,14H,2-9,12H2,1H3. The van der Waals surface area contributed by atoms with Crippen molar-refractivity contribution >= 4 is 0 Å². The van der Waals surface area contributed by atoms with Crippen LogP contribution in [0, 0.1) is 5.92 Å². The van der Waals surface area contributed by atoms with Gasteiger partial charge < -0.3 is 15.6 Å². The molecule has 2 unspecified atom stereocenters. The zero-order valence-electron chi connectivity index (χ0n) is 9.69. The van der Waals surface area contributed by atoms with Crippen LogP contribution < -0.4 is 5.73 Å². The van der Waals surface area contributed by atoms with Gasteiger partial charge in [-0.2, -0.15) is 0 Å². The van der Waals surface area contributed by atoms with E-state index in [1.807, 2.05) is 0 Å². The highest BCUT2D eigenvalue weighted by atomic mass is 16.5. The minimum absolute atomic E-state index is 0.108. The third kappa shape index (κ3) is 4.07. The van der Waals surface area contributed by atoms with E-state index in [1.54, 1.807) is 0 Å². The van der Waals surface area contributed by atoms with Gasteiger partial charge in [-0.1, -0.05) is 6.92 Å². The minimum Gasteiger partial charge on any atom is -0.394 e. The van der Waals surface area contributed by atoms with Crippen LogP contribution in [0.3, 0.4) is 0 Å². The van der Waals surface area contributed by atoms with E-state index in [2.05, 4.69) is 11.8 Å². The number of hydrogen-bond donors (Lipinski definition) is 2. The minimum atomic E-state index is 0.108. The SMILES string of the molecule is CC1CCCN(CCOCCO)C1CN. The normalized spacial score (nSPS) is 28.2. The Kier molecular flexibility index (Phi) is 6.17. The van der Waals surface area contributed by atoms with Crippen LogP contribution in [0.15, 0.2) is 0 Å². The van der Waals surface area contributed by atoms with Gasteiger partial charge >= 0.3 is 0 Å². The topological polar surface area (TPSA) is 58.7 Å². The first-order chi connectivity index (χ1) is 7.29. The molecule has 0 amide bonds. The Morgan fingerprint density at radius 1 is 1.47 bits per heavy atom. The summed E-state index contributed by atoms with van der Waals surface area (Å²) in [5.74, 6) is 0.696. The molecule has 1 aliphatic heterocycles. The first-order valence-electron chi connectivity index (χ1n) is 5.92. The quantitative estimate of drug-likeness (QED) is 0.616. The zero-order chi connectivity index (χ0) is 11.1. The number of piperidine rings is 1. The molecule has 0 spiro atoms. The van der Waals surface area contributed by atoms with Gasteiger partial charge in [0, 0.05) is 19.1 Å². The van der Waals surface area contributed by atoms with Gasteiger partial charge in [-0.15, -0.1) is 0 Å². The molecule has 1 saturated heterocycles. The van der Waals surface area contributed by atoms with Crippen molar-refractivity contribution < 1.29 is 9.84 Å². The molecule has 90 valence electrons. The molecule has 0 aliphatic carbocycles. The predicted molar refractivity (Wildman–Crippen MR) is 60.7 cm³/mol. The summed E-state index contributed by atoms with van der Waals surface area (Å²) < 4.78 is 5.28. The van der Waals surface area contributed by atoms with E-state index in [0.717, 1.165) is 19.6 Å². The number of hydrogen-bond acceptors (Lipinski definition) is 4. The molecule has 0 bridgehead atoms. The Labute approximate surface area is 92.4 Å². The molecule has 0 aromatic carbocycles. The molecule has 0 aromatic rings. The Balaban J connectivity index is 2.25. The number of aliphatic hydroxyl groups is 1. The fourth-order valence-electron chi connectivity index (χ4n) is 2.34. The first-order valence-corrected chi connectivity index (χ1v) is 5.92. The van der Waals surface area contributed by atoms with Gasteiger partial charge in [-0.05, 0) is 25.3 Å². The molecule has 0 saturated carbocycles. The molecule has 1 fully saturated rings. The average Bonchev–Trinajstić information content (AvgIpc) is 2.24. The van der Waals surface area contributed by atoms with E-state index in [1.165, 1.54) is 12.8 Å². The molecule has 1 aliphatic rings. The van der Waals surface area contributed by atoms with Crippen LogP contribution in [0.2, 0.25) is 0 Å². The highest BCUT2D eigenvalue weighted by Gasteiger charge is 2.26. The van der Waals surface area contributed by atoms with Crippen molar-refractivity contribution in [3.8, 4) is 0 Å². The van der Waals surface area contributed by atoms with Gasteiger partial charge in [0.05, 0.1) is 19.8 Å². The van der Waals surface area contributed by atoms with Crippen molar-refractivity contribution in [1.82, 2.24) is 4.90 Å². The number of nitrogens with zero attached hydrogens (tertiary/aromatic N) is 1. The molecule has 4 nitrogen and oxygen atoms in total. The summed E-state index contributed by atoms with van der Waals surface area (Å²) in [5.41, 5.74) is 5.79. The van der Waals surface area contributed by atoms with Crippen LogP contribution in [0.25, 0.3) is 0 Å². The Bertz CT molecular complexity index is 167. The fourth-order valence-corrected chi connectivity index (χ4v) is 2.34. The number of nitrogens with two attached hydrogens (primary N) is 1. The second kappa shape index (κ2) is 7.17. The molecule has 3 N–H and O–H groups in total. The second-order valence-corrected chi connectivity index (χ2v) is 4.29. The first kappa shape index (κ1) is 12.9. The second-order valence-electron chi connectivity index (χ2n) is 4.29. The van der Waals surface area contributed by atoms with Gasteiger partial charge in [-0.3, -0.25) is 4.90 Å². The average molecular weight is 216 g/mol. The van der Waals surface area contributed by atoms with E-state index in [9.17, 15) is 0 Å². The van der Waals surface area contributed by atoms with Crippen molar-refractivity contribution in [2.75, 3.05) is 39.5 Å². The lowest BCUT2D eigenvalue weighted by Crippen LogP contribution is -2.49. The summed E-state index contributed by atoms with van der Waals surface area (Å²) in [6, 6.07) is 0.511. The van der Waals surface area contributed by atoms with Crippen LogP contribution in [-0.4, -0.2) is 55.5 Å². The van der Waals surface area contributed by atoms with Crippen molar-refractivity contribution in [3.63, 3.8) is 0 Å². The van der Waals surface area contributed by atoms with Crippen molar-refractivity contribution in [2.45, 2.75) is 25.8 Å². The van der Waals surface area contributed by atoms with E-state index in [4.69, 9.17) is 15.6 Å². The smallest absolute Gasteiger partial charge is 0.0698 e. The van der Waals surface area contributed by atoms with Crippen LogP contribution in [-0.2, 0) is 4.74 Å². The van der Waals surface area contributed by atoms with E-state index < -0.39 is 0 Å². The number of rotatable bonds is 6. The maximum atomic E-state index is 8.58. The highest BCUT2D eigenvalue weighted by molar-refractivity contribution is 4.82. The summed E-state index contributed by atoms with van der Waals surface area (Å²) in [6.45, 7) is 6.33. The Morgan fingerprint density at radius 3 is 2.93 bits per heavy atom. The van der Waals surface area contributed by atoms with Crippen LogP contribution in [0.1, 0.15) is 19.8 Å². The lowest BCUT2D eigenvalue weighted by Gasteiger charge is -2.39. The van der Waals surface area contributed by atoms with Crippen molar-refractivity contribution in [3.05, 3.63) is 0 Å². The largest absolute Gasteiger partial charge is 0.394 e. The van der Waals surface area contributed by atoms with Crippen molar-refractivity contribution in [2.24, 2.45) is 11.7 Å². The monoisotopic (exact) mass is 216 g/mol. The van der Waals surface area contributed by atoms with Crippen molar-refractivity contribution in [1.29, 1.82) is 0 Å². The molecule has 4 heteroatoms. The van der Waals surface area contributed by atoms with Crippen LogP contribution in [0.5, 0.6) is 0 Å². The van der Waals surface area contributed by atoms with E-state index in [0.29, 0.717) is 25.2 Å². The maximum Gasteiger partial charge on any atom is 0.0698 e.